The number of H-pyrrole nitrogens is 1. The molecule has 0 radical (unpaired) electrons. The topological polar surface area (TPSA) is 62.4 Å². The van der Waals surface area contributed by atoms with Crippen molar-refractivity contribution in [3.8, 4) is 0 Å². The zero-order valence-electron chi connectivity index (χ0n) is 11.5. The minimum absolute atomic E-state index is 0.106. The molecule has 5 nitrogen and oxygen atoms in total. The first kappa shape index (κ1) is 15.1. The number of ether oxygens (including phenoxy) is 1. The highest BCUT2D eigenvalue weighted by Gasteiger charge is 2.25. The summed E-state index contributed by atoms with van der Waals surface area (Å²) in [6.07, 6.45) is 5.27. The maximum Gasteiger partial charge on any atom is 0.355 e. The Balaban J connectivity index is 1.91. The first-order valence-corrected chi connectivity index (χ1v) is 7.71. The third-order valence-electron chi connectivity index (χ3n) is 3.42. The summed E-state index contributed by atoms with van der Waals surface area (Å²) in [6, 6.07) is 1.63. The van der Waals surface area contributed by atoms with Gasteiger partial charge in [-0.2, -0.15) is 0 Å². The molecule has 110 valence electrons. The van der Waals surface area contributed by atoms with Crippen molar-refractivity contribution in [1.82, 2.24) is 9.88 Å². The number of rotatable bonds is 3. The summed E-state index contributed by atoms with van der Waals surface area (Å²) in [6.45, 7) is 3.15. The summed E-state index contributed by atoms with van der Waals surface area (Å²) < 4.78 is 6.00. The van der Waals surface area contributed by atoms with Crippen LogP contribution in [0.5, 0.6) is 0 Å². The van der Waals surface area contributed by atoms with Gasteiger partial charge in [0.2, 0.25) is 0 Å². The van der Waals surface area contributed by atoms with Crippen LogP contribution in [0.15, 0.2) is 16.7 Å². The number of nitrogens with one attached hydrogen (secondary N) is 1. The summed E-state index contributed by atoms with van der Waals surface area (Å²) in [5.74, 6) is -0.614. The first-order chi connectivity index (χ1) is 9.58. The maximum atomic E-state index is 12.3. The molecule has 0 bridgehead atoms. The molecular formula is C14H19BrN2O3. The molecule has 6 heteroatoms. The minimum atomic E-state index is -0.748. The second-order valence-corrected chi connectivity index (χ2v) is 5.93. The Bertz CT molecular complexity index is 479. The van der Waals surface area contributed by atoms with Crippen molar-refractivity contribution in [2.24, 2.45) is 0 Å². The van der Waals surface area contributed by atoms with Gasteiger partial charge in [-0.15, -0.1) is 0 Å². The molecule has 1 amide bonds. The highest BCUT2D eigenvalue weighted by Crippen LogP contribution is 2.14. The van der Waals surface area contributed by atoms with E-state index in [0.717, 1.165) is 43.2 Å². The van der Waals surface area contributed by atoms with Crippen LogP contribution in [0.3, 0.4) is 0 Å². The number of halogens is 1. The van der Waals surface area contributed by atoms with Gasteiger partial charge in [0.1, 0.15) is 5.69 Å². The number of nitrogens with zero attached hydrogens (tertiary/aromatic N) is 1. The normalized spacial score (nSPS) is 17.4. The number of hydrogen-bond acceptors (Lipinski definition) is 3. The molecule has 1 fully saturated rings. The van der Waals surface area contributed by atoms with Crippen LogP contribution in [-0.2, 0) is 9.53 Å². The van der Waals surface area contributed by atoms with E-state index in [4.69, 9.17) is 4.74 Å². The van der Waals surface area contributed by atoms with Crippen LogP contribution in [0.2, 0.25) is 0 Å². The van der Waals surface area contributed by atoms with Gasteiger partial charge in [-0.25, -0.2) is 4.79 Å². The Morgan fingerprint density at radius 1 is 1.30 bits per heavy atom. The van der Waals surface area contributed by atoms with Crippen LogP contribution in [0.4, 0.5) is 0 Å². The van der Waals surface area contributed by atoms with Crippen LogP contribution in [0.1, 0.15) is 43.1 Å². The molecule has 1 aromatic rings. The number of carbonyl (C=O) groups is 2. The largest absolute Gasteiger partial charge is 0.448 e. The van der Waals surface area contributed by atoms with Crippen molar-refractivity contribution in [1.29, 1.82) is 0 Å². The third kappa shape index (κ3) is 3.85. The molecule has 0 saturated carbocycles. The average molecular weight is 343 g/mol. The van der Waals surface area contributed by atoms with Crippen molar-refractivity contribution in [3.63, 3.8) is 0 Å². The van der Waals surface area contributed by atoms with Gasteiger partial charge in [-0.05, 0) is 41.8 Å². The number of hydrogen-bond donors (Lipinski definition) is 1. The molecule has 1 saturated heterocycles. The van der Waals surface area contributed by atoms with Crippen molar-refractivity contribution >= 4 is 27.8 Å². The Hall–Kier alpha value is -1.30. The molecule has 0 spiro atoms. The Morgan fingerprint density at radius 3 is 2.50 bits per heavy atom. The quantitative estimate of drug-likeness (QED) is 0.859. The van der Waals surface area contributed by atoms with Gasteiger partial charge in [0.05, 0.1) is 0 Å². The van der Waals surface area contributed by atoms with Gasteiger partial charge < -0.3 is 14.6 Å². The van der Waals surface area contributed by atoms with Crippen LogP contribution < -0.4 is 0 Å². The van der Waals surface area contributed by atoms with E-state index < -0.39 is 12.1 Å². The number of esters is 1. The molecule has 1 N–H and O–H groups in total. The lowest BCUT2D eigenvalue weighted by molar-refractivity contribution is -0.139. The summed E-state index contributed by atoms with van der Waals surface area (Å²) in [5.41, 5.74) is 0.340. The summed E-state index contributed by atoms with van der Waals surface area (Å²) in [7, 11) is 0. The highest BCUT2D eigenvalue weighted by atomic mass is 79.9. The number of carbonyl (C=O) groups excluding carboxylic acids is 2. The molecule has 0 unspecified atom stereocenters. The molecule has 2 rings (SSSR count). The standard InChI is InChI=1S/C14H19BrN2O3/c1-10(13(18)17-6-4-2-3-5-7-17)20-14(19)12-8-11(15)9-16-12/h8-10,16H,2-7H2,1H3/t10-/m0/s1. The maximum absolute atomic E-state index is 12.3. The number of amides is 1. The number of aromatic amines is 1. The van der Waals surface area contributed by atoms with Crippen LogP contribution in [-0.4, -0.2) is 41.0 Å². The third-order valence-corrected chi connectivity index (χ3v) is 3.87. The molecule has 1 atom stereocenters. The monoisotopic (exact) mass is 342 g/mol. The molecule has 20 heavy (non-hydrogen) atoms. The lowest BCUT2D eigenvalue weighted by atomic mass is 10.2. The average Bonchev–Trinajstić information content (AvgIpc) is 2.70. The molecule has 1 aliphatic rings. The van der Waals surface area contributed by atoms with E-state index in [2.05, 4.69) is 20.9 Å². The molecule has 1 aromatic heterocycles. The Kier molecular flexibility index (Phi) is 5.23. The summed E-state index contributed by atoms with van der Waals surface area (Å²) in [5, 5.41) is 0. The molecular weight excluding hydrogens is 324 g/mol. The van der Waals surface area contributed by atoms with E-state index in [1.54, 1.807) is 24.1 Å². The fourth-order valence-corrected chi connectivity index (χ4v) is 2.65. The van der Waals surface area contributed by atoms with Gasteiger partial charge >= 0.3 is 5.97 Å². The van der Waals surface area contributed by atoms with E-state index in [9.17, 15) is 9.59 Å². The zero-order chi connectivity index (χ0) is 14.5. The van der Waals surface area contributed by atoms with E-state index in [-0.39, 0.29) is 5.91 Å². The second kappa shape index (κ2) is 6.92. The van der Waals surface area contributed by atoms with E-state index in [1.807, 2.05) is 0 Å². The van der Waals surface area contributed by atoms with E-state index >= 15 is 0 Å². The van der Waals surface area contributed by atoms with Crippen LogP contribution in [0, 0.1) is 0 Å². The van der Waals surface area contributed by atoms with Gasteiger partial charge in [-0.3, -0.25) is 4.79 Å². The van der Waals surface area contributed by atoms with E-state index in [0.29, 0.717) is 5.69 Å². The Morgan fingerprint density at radius 2 is 1.95 bits per heavy atom. The zero-order valence-corrected chi connectivity index (χ0v) is 13.1. The minimum Gasteiger partial charge on any atom is -0.448 e. The van der Waals surface area contributed by atoms with Crippen molar-refractivity contribution in [2.75, 3.05) is 13.1 Å². The van der Waals surface area contributed by atoms with Crippen LogP contribution in [0.25, 0.3) is 0 Å². The number of aromatic nitrogens is 1. The summed E-state index contributed by atoms with van der Waals surface area (Å²) >= 11 is 3.25. The van der Waals surface area contributed by atoms with Gasteiger partial charge in [-0.1, -0.05) is 12.8 Å². The second-order valence-electron chi connectivity index (χ2n) is 5.02. The molecule has 2 heterocycles. The predicted octanol–water partition coefficient (Wildman–Crippen LogP) is 2.73. The lowest BCUT2D eigenvalue weighted by Gasteiger charge is -2.23. The van der Waals surface area contributed by atoms with Gasteiger partial charge in [0, 0.05) is 23.8 Å². The van der Waals surface area contributed by atoms with Crippen molar-refractivity contribution in [3.05, 3.63) is 22.4 Å². The fraction of sp³-hybridized carbons (Fsp3) is 0.571. The summed E-state index contributed by atoms with van der Waals surface area (Å²) in [4.78, 5) is 28.7. The number of likely N-dealkylation sites (tertiary alicyclic amines) is 1. The molecule has 0 aromatic carbocycles. The van der Waals surface area contributed by atoms with Crippen molar-refractivity contribution < 1.29 is 14.3 Å². The fourth-order valence-electron chi connectivity index (χ4n) is 2.31. The highest BCUT2D eigenvalue weighted by molar-refractivity contribution is 9.10. The molecule has 1 aliphatic heterocycles. The van der Waals surface area contributed by atoms with Crippen molar-refractivity contribution in [2.45, 2.75) is 38.7 Å². The first-order valence-electron chi connectivity index (χ1n) is 6.91. The smallest absolute Gasteiger partial charge is 0.355 e. The van der Waals surface area contributed by atoms with E-state index in [1.165, 1.54) is 0 Å². The SMILES string of the molecule is C[C@H](OC(=O)c1cc(Br)c[nH]1)C(=O)N1CCCCCC1. The lowest BCUT2D eigenvalue weighted by Crippen LogP contribution is -2.40. The van der Waals surface area contributed by atoms with Crippen LogP contribution >= 0.6 is 15.9 Å². The van der Waals surface area contributed by atoms with Gasteiger partial charge in [0.25, 0.3) is 5.91 Å². The Labute approximate surface area is 126 Å². The molecule has 0 aliphatic carbocycles. The predicted molar refractivity (Wildman–Crippen MR) is 78.4 cm³/mol. The van der Waals surface area contributed by atoms with Gasteiger partial charge in [0.15, 0.2) is 6.10 Å².